The number of ether oxygens (including phenoxy) is 2. The zero-order valence-corrected chi connectivity index (χ0v) is 16.3. The van der Waals surface area contributed by atoms with Crippen molar-refractivity contribution in [2.24, 2.45) is 34.5 Å². The van der Waals surface area contributed by atoms with Gasteiger partial charge in [0, 0.05) is 11.8 Å². The predicted octanol–water partition coefficient (Wildman–Crippen LogP) is 2.15. The molecule has 1 saturated carbocycles. The Morgan fingerprint density at radius 3 is 1.38 bits per heavy atom. The van der Waals surface area contributed by atoms with Crippen molar-refractivity contribution in [1.29, 1.82) is 21.0 Å². The maximum Gasteiger partial charge on any atom is 0.310 e. The molecule has 0 spiro atoms. The van der Waals surface area contributed by atoms with E-state index in [4.69, 9.17) is 9.47 Å². The fourth-order valence-electron chi connectivity index (χ4n) is 5.76. The summed E-state index contributed by atoms with van der Waals surface area (Å²) in [5, 5.41) is 40.4. The lowest BCUT2D eigenvalue weighted by molar-refractivity contribution is -0.173. The molecule has 1 fully saturated rings. The van der Waals surface area contributed by atoms with Crippen LogP contribution in [0.3, 0.4) is 0 Å². The molecule has 0 aromatic carbocycles. The number of rotatable bonds is 2. The second kappa shape index (κ2) is 7.23. The molecule has 4 aliphatic rings. The molecule has 8 nitrogen and oxygen atoms in total. The first kappa shape index (κ1) is 20.4. The lowest BCUT2D eigenvalue weighted by Crippen LogP contribution is -2.66. The van der Waals surface area contributed by atoms with Crippen LogP contribution in [-0.2, 0) is 19.1 Å². The van der Waals surface area contributed by atoms with Crippen molar-refractivity contribution in [3.8, 4) is 24.3 Å². The summed E-state index contributed by atoms with van der Waals surface area (Å²) in [7, 11) is 2.34. The maximum absolute atomic E-state index is 12.8. The van der Waals surface area contributed by atoms with E-state index in [1.54, 1.807) is 0 Å². The number of allylic oxidation sites excluding steroid dienone is 2. The highest BCUT2D eigenvalue weighted by atomic mass is 16.5. The molecule has 0 aliphatic heterocycles. The number of hydrogen-bond acceptors (Lipinski definition) is 8. The van der Waals surface area contributed by atoms with Crippen LogP contribution >= 0.6 is 0 Å². The molecule has 0 aromatic rings. The number of carbonyl (C=O) groups excluding carboxylic acids is 2. The smallest absolute Gasteiger partial charge is 0.310 e. The van der Waals surface area contributed by atoms with Crippen LogP contribution in [0.1, 0.15) is 32.1 Å². The largest absolute Gasteiger partial charge is 0.469 e. The summed E-state index contributed by atoms with van der Waals surface area (Å²) >= 11 is 0. The Labute approximate surface area is 168 Å². The monoisotopic (exact) mass is 392 g/mol. The first-order chi connectivity index (χ1) is 13.9. The molecule has 0 heterocycles. The molecule has 29 heavy (non-hydrogen) atoms. The molecule has 0 saturated heterocycles. The van der Waals surface area contributed by atoms with E-state index in [-0.39, 0.29) is 0 Å². The summed E-state index contributed by atoms with van der Waals surface area (Å²) in [6, 6.07) is 7.72. The number of esters is 2. The van der Waals surface area contributed by atoms with E-state index in [1.807, 2.05) is 24.3 Å². The summed E-state index contributed by atoms with van der Waals surface area (Å²) in [5.41, 5.74) is -2.67. The Hall–Kier alpha value is -3.36. The Bertz CT molecular complexity index is 851. The lowest BCUT2D eigenvalue weighted by atomic mass is 9.37. The van der Waals surface area contributed by atoms with E-state index in [0.717, 1.165) is 30.4 Å². The van der Waals surface area contributed by atoms with Crippen molar-refractivity contribution in [3.63, 3.8) is 0 Å². The minimum Gasteiger partial charge on any atom is -0.469 e. The number of nitriles is 4. The quantitative estimate of drug-likeness (QED) is 0.513. The van der Waals surface area contributed by atoms with Gasteiger partial charge in [0.25, 0.3) is 0 Å². The molecule has 0 N–H and O–H groups in total. The number of nitrogens with zero attached hydrogens (tertiary/aromatic N) is 4. The number of carbonyl (C=O) groups is 2. The third-order valence-corrected chi connectivity index (χ3v) is 6.87. The molecule has 4 atom stereocenters. The molecular formula is C21H20N4O4. The molecule has 4 rings (SSSR count). The van der Waals surface area contributed by atoms with E-state index in [9.17, 15) is 30.6 Å². The summed E-state index contributed by atoms with van der Waals surface area (Å²) in [6.45, 7) is 0. The highest BCUT2D eigenvalue weighted by Crippen LogP contribution is 2.69. The standard InChI is InChI=1S/C21H20N4O4/c1-28-18(26)14-15(19(27)29-2)17-13-7-5-3-4-6-12(13)16(14)20(8-22,9-23)21(17,10-24)11-25/h14-17H,3-7H2,1-2H3/t14-,15+,16-,17+. The highest BCUT2D eigenvalue weighted by Gasteiger charge is 2.77. The molecule has 0 radical (unpaired) electrons. The minimum absolute atomic E-state index is 0.552. The van der Waals surface area contributed by atoms with Gasteiger partial charge in [-0.1, -0.05) is 17.6 Å². The molecule has 0 aromatic heterocycles. The van der Waals surface area contributed by atoms with Crippen molar-refractivity contribution >= 4 is 11.9 Å². The van der Waals surface area contributed by atoms with E-state index < -0.39 is 46.4 Å². The summed E-state index contributed by atoms with van der Waals surface area (Å²) in [6.07, 6.45) is 3.61. The van der Waals surface area contributed by atoms with Crippen molar-refractivity contribution < 1.29 is 19.1 Å². The molecule has 4 aliphatic carbocycles. The average molecular weight is 392 g/mol. The van der Waals surface area contributed by atoms with E-state index >= 15 is 0 Å². The van der Waals surface area contributed by atoms with Gasteiger partial charge in [-0.3, -0.25) is 9.59 Å². The maximum atomic E-state index is 12.8. The fourth-order valence-corrected chi connectivity index (χ4v) is 5.76. The van der Waals surface area contributed by atoms with Crippen LogP contribution in [0.15, 0.2) is 11.1 Å². The van der Waals surface area contributed by atoms with Crippen LogP contribution < -0.4 is 0 Å². The van der Waals surface area contributed by atoms with Crippen LogP contribution in [0.25, 0.3) is 0 Å². The summed E-state index contributed by atoms with van der Waals surface area (Å²) in [4.78, 5) is 25.6. The predicted molar refractivity (Wildman–Crippen MR) is 95.4 cm³/mol. The molecule has 148 valence electrons. The van der Waals surface area contributed by atoms with Gasteiger partial charge in [0.2, 0.25) is 0 Å². The molecule has 8 heteroatoms. The Kier molecular flexibility index (Phi) is 5.08. The van der Waals surface area contributed by atoms with Crippen LogP contribution in [0.5, 0.6) is 0 Å². The Balaban J connectivity index is 2.46. The summed E-state index contributed by atoms with van der Waals surface area (Å²) in [5.74, 6) is -5.97. The van der Waals surface area contributed by atoms with Gasteiger partial charge >= 0.3 is 11.9 Å². The van der Waals surface area contributed by atoms with E-state index in [2.05, 4.69) is 0 Å². The Morgan fingerprint density at radius 1 is 0.759 bits per heavy atom. The first-order valence-electron chi connectivity index (χ1n) is 9.47. The van der Waals surface area contributed by atoms with Gasteiger partial charge in [-0.25, -0.2) is 0 Å². The van der Waals surface area contributed by atoms with Crippen LogP contribution in [-0.4, -0.2) is 26.2 Å². The molecule has 0 unspecified atom stereocenters. The fraction of sp³-hybridized carbons (Fsp3) is 0.619. The van der Waals surface area contributed by atoms with Crippen LogP contribution in [0, 0.1) is 79.8 Å². The van der Waals surface area contributed by atoms with Gasteiger partial charge in [0.05, 0.1) is 50.3 Å². The van der Waals surface area contributed by atoms with Gasteiger partial charge in [0.15, 0.2) is 10.8 Å². The number of fused-ring (bicyclic) bond motifs is 2. The average Bonchev–Trinajstić information content (AvgIpc) is 3.02. The summed E-state index contributed by atoms with van der Waals surface area (Å²) < 4.78 is 9.88. The SMILES string of the molecule is COC(=O)[C@@H]1[C@H](C(=O)OC)[C@@H]2C3=C(CCCCC3)[C@H]1C(C#N)(C#N)C2(C#N)C#N. The van der Waals surface area contributed by atoms with Gasteiger partial charge in [-0.2, -0.15) is 21.0 Å². The van der Waals surface area contributed by atoms with Gasteiger partial charge in [0.1, 0.15) is 0 Å². The van der Waals surface area contributed by atoms with Crippen molar-refractivity contribution in [2.45, 2.75) is 32.1 Å². The minimum atomic E-state index is -2.09. The number of hydrogen-bond donors (Lipinski definition) is 0. The zero-order chi connectivity index (χ0) is 21.4. The number of methoxy groups -OCH3 is 2. The normalized spacial score (nSPS) is 31.0. The van der Waals surface area contributed by atoms with E-state index in [0.29, 0.717) is 12.8 Å². The van der Waals surface area contributed by atoms with Crippen LogP contribution in [0.2, 0.25) is 0 Å². The van der Waals surface area contributed by atoms with Gasteiger partial charge < -0.3 is 9.47 Å². The topological polar surface area (TPSA) is 148 Å². The third kappa shape index (κ3) is 2.33. The van der Waals surface area contributed by atoms with Crippen molar-refractivity contribution in [3.05, 3.63) is 11.1 Å². The third-order valence-electron chi connectivity index (χ3n) is 6.87. The zero-order valence-electron chi connectivity index (χ0n) is 16.3. The van der Waals surface area contributed by atoms with Crippen molar-refractivity contribution in [1.82, 2.24) is 0 Å². The Morgan fingerprint density at radius 2 is 1.10 bits per heavy atom. The van der Waals surface area contributed by atoms with Gasteiger partial charge in [-0.05, 0) is 25.7 Å². The van der Waals surface area contributed by atoms with Crippen LogP contribution in [0.4, 0.5) is 0 Å². The van der Waals surface area contributed by atoms with Gasteiger partial charge in [-0.15, -0.1) is 0 Å². The van der Waals surface area contributed by atoms with E-state index in [1.165, 1.54) is 14.2 Å². The molecular weight excluding hydrogens is 372 g/mol. The molecule has 2 bridgehead atoms. The first-order valence-corrected chi connectivity index (χ1v) is 9.47. The second-order valence-electron chi connectivity index (χ2n) is 7.73. The highest BCUT2D eigenvalue weighted by molar-refractivity contribution is 5.86. The van der Waals surface area contributed by atoms with Crippen molar-refractivity contribution in [2.75, 3.05) is 14.2 Å². The molecule has 0 amide bonds. The second-order valence-corrected chi connectivity index (χ2v) is 7.73. The lowest BCUT2D eigenvalue weighted by Gasteiger charge is -2.58.